The van der Waals surface area contributed by atoms with E-state index in [2.05, 4.69) is 4.89 Å². The molecule has 0 saturated carbocycles. The summed E-state index contributed by atoms with van der Waals surface area (Å²) in [7, 11) is 0. The minimum atomic E-state index is -1.90. The third-order valence-electron chi connectivity index (χ3n) is 1.09. The molecule has 0 fully saturated rings. The predicted octanol–water partition coefficient (Wildman–Crippen LogP) is 1.77. The van der Waals surface area contributed by atoms with Gasteiger partial charge in [-0.2, -0.15) is 8.78 Å². The summed E-state index contributed by atoms with van der Waals surface area (Å²) < 4.78 is 48.9. The van der Waals surface area contributed by atoms with E-state index in [-0.39, 0.29) is 0 Å². The van der Waals surface area contributed by atoms with E-state index in [0.29, 0.717) is 0 Å². The Morgan fingerprint density at radius 1 is 1.00 bits per heavy atom. The van der Waals surface area contributed by atoms with E-state index in [4.69, 9.17) is 0 Å². The Balaban J connectivity index is 3.42. The quantitative estimate of drug-likeness (QED) is 0.280. The minimum Gasteiger partial charge on any atom is -0.299 e. The fourth-order valence-corrected chi connectivity index (χ4v) is 0.575. The van der Waals surface area contributed by atoms with Gasteiger partial charge in [0.05, 0.1) is 6.07 Å². The molecule has 0 saturated heterocycles. The molecule has 0 atom stereocenters. The Bertz CT molecular complexity index is 287. The van der Waals surface area contributed by atoms with Crippen molar-refractivity contribution in [2.24, 2.45) is 0 Å². The summed E-state index contributed by atoms with van der Waals surface area (Å²) in [5, 5.41) is 9.55. The van der Waals surface area contributed by atoms with Gasteiger partial charge < -0.3 is 0 Å². The van der Waals surface area contributed by atoms with Gasteiger partial charge in [-0.25, -0.2) is 8.78 Å². The van der Waals surface area contributed by atoms with E-state index in [1.165, 1.54) is 0 Å². The van der Waals surface area contributed by atoms with E-state index >= 15 is 0 Å². The van der Waals surface area contributed by atoms with Gasteiger partial charge in [0.25, 0.3) is 0 Å². The number of rotatable bonds is 1. The molecule has 1 aromatic rings. The van der Waals surface area contributed by atoms with Gasteiger partial charge in [-0.1, -0.05) is 0 Å². The standard InChI is InChI=1S/C6F4O2/c7-2-1-3(8)5(10)6(12-11)4(2)9. The molecule has 0 aliphatic heterocycles. The average Bonchev–Trinajstić information content (AvgIpc) is 2.02. The van der Waals surface area contributed by atoms with Gasteiger partial charge in [0, 0.05) is 5.26 Å². The van der Waals surface area contributed by atoms with Gasteiger partial charge in [0.1, 0.15) is 0 Å². The number of hydrogen-bond acceptors (Lipinski definition) is 1. The van der Waals surface area contributed by atoms with Crippen molar-refractivity contribution in [3.63, 3.8) is 0 Å². The summed E-state index contributed by atoms with van der Waals surface area (Å²) in [6.45, 7) is 0. The summed E-state index contributed by atoms with van der Waals surface area (Å²) in [4.78, 5) is 2.84. The van der Waals surface area contributed by atoms with Crippen LogP contribution in [-0.2, 0) is 5.26 Å². The largest absolute Gasteiger partial charge is 0.299 e. The van der Waals surface area contributed by atoms with Gasteiger partial charge in [0.15, 0.2) is 11.6 Å². The van der Waals surface area contributed by atoms with Crippen molar-refractivity contribution in [2.75, 3.05) is 0 Å². The Kier molecular flexibility index (Phi) is 2.18. The molecule has 0 unspecified atom stereocenters. The fraction of sp³-hybridized carbons (Fsp3) is 0. The molecular formula is C6F4O2. The first kappa shape index (κ1) is 8.79. The van der Waals surface area contributed by atoms with E-state index in [0.717, 1.165) is 6.07 Å². The van der Waals surface area contributed by atoms with E-state index in [9.17, 15) is 22.8 Å². The van der Waals surface area contributed by atoms with Crippen LogP contribution in [0.4, 0.5) is 17.6 Å². The fourth-order valence-electron chi connectivity index (χ4n) is 0.575. The molecule has 0 N–H and O–H groups in total. The highest BCUT2D eigenvalue weighted by atomic mass is 19.2. The van der Waals surface area contributed by atoms with Crippen LogP contribution in [0, 0.1) is 29.3 Å². The topological polar surface area (TPSA) is 29.1 Å². The van der Waals surface area contributed by atoms with Crippen LogP contribution >= 0.6 is 0 Å². The lowest BCUT2D eigenvalue weighted by atomic mass is 10.3. The first-order chi connectivity index (χ1) is 5.57. The molecule has 0 spiro atoms. The number of benzene rings is 1. The molecule has 0 amide bonds. The first-order valence-electron chi connectivity index (χ1n) is 2.63. The molecule has 2 radical (unpaired) electrons. The third kappa shape index (κ3) is 1.20. The molecule has 12 heavy (non-hydrogen) atoms. The lowest BCUT2D eigenvalue weighted by Crippen LogP contribution is -1.99. The van der Waals surface area contributed by atoms with Crippen LogP contribution in [0.25, 0.3) is 0 Å². The maximum absolute atomic E-state index is 12.3. The zero-order valence-corrected chi connectivity index (χ0v) is 5.33. The van der Waals surface area contributed by atoms with E-state index < -0.39 is 29.0 Å². The Morgan fingerprint density at radius 2 is 1.42 bits per heavy atom. The molecule has 6 heteroatoms. The van der Waals surface area contributed by atoms with Crippen LogP contribution < -0.4 is 4.89 Å². The minimum absolute atomic E-state index is 1.08. The SMILES string of the molecule is [O]Oc1c(F)c(F)[c]c(F)c1F. The predicted molar refractivity (Wildman–Crippen MR) is 26.4 cm³/mol. The summed E-state index contributed by atoms with van der Waals surface area (Å²) in [6, 6.07) is 1.08. The molecule has 1 aromatic carbocycles. The summed E-state index contributed by atoms with van der Waals surface area (Å²) in [6.07, 6.45) is 0. The molecule has 64 valence electrons. The Labute approximate surface area is 63.9 Å². The zero-order valence-electron chi connectivity index (χ0n) is 5.33. The van der Waals surface area contributed by atoms with Crippen molar-refractivity contribution in [2.45, 2.75) is 0 Å². The van der Waals surface area contributed by atoms with E-state index in [1.807, 2.05) is 0 Å². The maximum Gasteiger partial charge on any atom is 0.246 e. The molecular weight excluding hydrogens is 180 g/mol. The monoisotopic (exact) mass is 180 g/mol. The summed E-state index contributed by atoms with van der Waals surface area (Å²) in [5.41, 5.74) is 0. The molecule has 1 rings (SSSR count). The van der Waals surface area contributed by atoms with Crippen LogP contribution in [0.2, 0.25) is 0 Å². The number of hydrogen-bond donors (Lipinski definition) is 0. The lowest BCUT2D eigenvalue weighted by molar-refractivity contribution is -0.213. The van der Waals surface area contributed by atoms with Gasteiger partial charge in [-0.15, -0.1) is 0 Å². The highest BCUT2D eigenvalue weighted by Crippen LogP contribution is 2.25. The van der Waals surface area contributed by atoms with Gasteiger partial charge in [0.2, 0.25) is 17.4 Å². The number of halogens is 4. The van der Waals surface area contributed by atoms with Crippen LogP contribution in [0.1, 0.15) is 0 Å². The molecule has 2 nitrogen and oxygen atoms in total. The lowest BCUT2D eigenvalue weighted by Gasteiger charge is -1.99. The zero-order chi connectivity index (χ0) is 9.30. The van der Waals surface area contributed by atoms with Gasteiger partial charge in [-0.3, -0.25) is 4.89 Å². The second-order valence-electron chi connectivity index (χ2n) is 1.79. The smallest absolute Gasteiger partial charge is 0.246 e. The highest BCUT2D eigenvalue weighted by Gasteiger charge is 2.21. The Hall–Kier alpha value is -1.30. The van der Waals surface area contributed by atoms with Crippen LogP contribution in [0.3, 0.4) is 0 Å². The van der Waals surface area contributed by atoms with Crippen LogP contribution in [-0.4, -0.2) is 0 Å². The van der Waals surface area contributed by atoms with Crippen molar-refractivity contribution < 1.29 is 27.7 Å². The molecule has 0 heterocycles. The second-order valence-corrected chi connectivity index (χ2v) is 1.79. The highest BCUT2D eigenvalue weighted by molar-refractivity contribution is 5.27. The Morgan fingerprint density at radius 3 is 1.75 bits per heavy atom. The maximum atomic E-state index is 12.3. The van der Waals surface area contributed by atoms with Crippen molar-refractivity contribution >= 4 is 0 Å². The van der Waals surface area contributed by atoms with Crippen molar-refractivity contribution in [1.82, 2.24) is 0 Å². The van der Waals surface area contributed by atoms with E-state index in [1.54, 1.807) is 0 Å². The normalized spacial score (nSPS) is 10.1. The molecule has 0 bridgehead atoms. The second kappa shape index (κ2) is 2.98. The molecule has 0 aliphatic carbocycles. The summed E-state index contributed by atoms with van der Waals surface area (Å²) >= 11 is 0. The molecule has 0 aromatic heterocycles. The van der Waals surface area contributed by atoms with Gasteiger partial charge >= 0.3 is 0 Å². The average molecular weight is 180 g/mol. The first-order valence-corrected chi connectivity index (χ1v) is 2.63. The van der Waals surface area contributed by atoms with Crippen molar-refractivity contribution in [1.29, 1.82) is 0 Å². The van der Waals surface area contributed by atoms with Crippen molar-refractivity contribution in [3.8, 4) is 5.75 Å². The van der Waals surface area contributed by atoms with Crippen molar-refractivity contribution in [3.05, 3.63) is 29.3 Å². The van der Waals surface area contributed by atoms with Crippen LogP contribution in [0.15, 0.2) is 0 Å². The third-order valence-corrected chi connectivity index (χ3v) is 1.09. The van der Waals surface area contributed by atoms with Crippen LogP contribution in [0.5, 0.6) is 5.75 Å². The molecule has 0 aliphatic rings. The summed E-state index contributed by atoms with van der Waals surface area (Å²) in [5.74, 6) is -9.05. The van der Waals surface area contributed by atoms with Gasteiger partial charge in [-0.05, 0) is 0 Å².